The first-order valence-electron chi connectivity index (χ1n) is 10.0. The van der Waals surface area contributed by atoms with Crippen LogP contribution in [0, 0.1) is 13.8 Å². The highest BCUT2D eigenvalue weighted by Crippen LogP contribution is 2.28. The lowest BCUT2D eigenvalue weighted by atomic mass is 10.1. The highest BCUT2D eigenvalue weighted by atomic mass is 32.2. The number of aryl methyl sites for hydroxylation is 2. The molecule has 2 aromatic carbocycles. The van der Waals surface area contributed by atoms with E-state index in [2.05, 4.69) is 10.2 Å². The molecule has 8 heteroatoms. The van der Waals surface area contributed by atoms with Crippen molar-refractivity contribution in [2.45, 2.75) is 32.2 Å². The summed E-state index contributed by atoms with van der Waals surface area (Å²) < 4.78 is 36.1. The largest absolute Gasteiger partial charge is 0.494 e. The van der Waals surface area contributed by atoms with Crippen LogP contribution in [0.15, 0.2) is 71.8 Å². The van der Waals surface area contributed by atoms with Crippen molar-refractivity contribution in [2.75, 3.05) is 10.9 Å². The number of hydrogen-bond acceptors (Lipinski definition) is 5. The zero-order chi connectivity index (χ0) is 22.0. The molecule has 2 heterocycles. The van der Waals surface area contributed by atoms with Gasteiger partial charge in [-0.2, -0.15) is 0 Å². The summed E-state index contributed by atoms with van der Waals surface area (Å²) >= 11 is 0. The molecule has 0 bridgehead atoms. The third kappa shape index (κ3) is 4.25. The van der Waals surface area contributed by atoms with Crippen molar-refractivity contribution in [2.24, 2.45) is 0 Å². The van der Waals surface area contributed by atoms with Crippen LogP contribution in [0.3, 0.4) is 0 Å². The first kappa shape index (κ1) is 20.9. The Kier molecular flexibility index (Phi) is 5.65. The zero-order valence-electron chi connectivity index (χ0n) is 17.7. The van der Waals surface area contributed by atoms with Crippen LogP contribution >= 0.6 is 0 Å². The lowest BCUT2D eigenvalue weighted by Crippen LogP contribution is -2.30. The van der Waals surface area contributed by atoms with Crippen LogP contribution in [0.1, 0.15) is 23.9 Å². The third-order valence-corrected chi connectivity index (χ3v) is 6.77. The minimum Gasteiger partial charge on any atom is -0.494 e. The van der Waals surface area contributed by atoms with Crippen LogP contribution in [0.4, 0.5) is 5.69 Å². The summed E-state index contributed by atoms with van der Waals surface area (Å²) in [5.74, 6) is 1.32. The monoisotopic (exact) mass is 436 g/mol. The number of benzene rings is 2. The van der Waals surface area contributed by atoms with Crippen molar-refractivity contribution in [3.8, 4) is 5.75 Å². The summed E-state index contributed by atoms with van der Waals surface area (Å²) in [5.41, 5.74) is 3.17. The van der Waals surface area contributed by atoms with E-state index in [0.717, 1.165) is 11.1 Å². The lowest BCUT2D eigenvalue weighted by molar-refractivity contribution is 0.340. The van der Waals surface area contributed by atoms with Crippen LogP contribution in [0.25, 0.3) is 5.65 Å². The Bertz CT molecular complexity index is 1300. The molecule has 0 aliphatic rings. The zero-order valence-corrected chi connectivity index (χ0v) is 18.5. The number of aromatic nitrogens is 3. The van der Waals surface area contributed by atoms with Gasteiger partial charge in [0.05, 0.1) is 18.8 Å². The van der Waals surface area contributed by atoms with E-state index < -0.39 is 10.0 Å². The maximum atomic E-state index is 13.7. The normalized spacial score (nSPS) is 11.6. The molecule has 0 radical (unpaired) electrons. The van der Waals surface area contributed by atoms with Crippen LogP contribution in [0.5, 0.6) is 5.75 Å². The first-order chi connectivity index (χ1) is 14.9. The third-order valence-electron chi connectivity index (χ3n) is 5.02. The molecule has 0 amide bonds. The molecule has 0 unspecified atom stereocenters. The molecule has 0 aliphatic heterocycles. The summed E-state index contributed by atoms with van der Waals surface area (Å²) in [6, 6.07) is 18.2. The molecular formula is C23H24N4O3S. The van der Waals surface area contributed by atoms with Gasteiger partial charge in [-0.1, -0.05) is 29.8 Å². The molecule has 0 saturated carbocycles. The van der Waals surface area contributed by atoms with Gasteiger partial charge in [-0.3, -0.25) is 8.71 Å². The Morgan fingerprint density at radius 3 is 2.32 bits per heavy atom. The number of sulfonamides is 1. The van der Waals surface area contributed by atoms with Gasteiger partial charge in [0.2, 0.25) is 0 Å². The van der Waals surface area contributed by atoms with E-state index in [4.69, 9.17) is 4.74 Å². The molecule has 0 N–H and O–H groups in total. The van der Waals surface area contributed by atoms with Crippen molar-refractivity contribution in [3.05, 3.63) is 83.8 Å². The molecular weight excluding hydrogens is 412 g/mol. The van der Waals surface area contributed by atoms with E-state index in [0.29, 0.717) is 29.5 Å². The highest BCUT2D eigenvalue weighted by molar-refractivity contribution is 7.92. The molecule has 0 aliphatic carbocycles. The topological polar surface area (TPSA) is 76.8 Å². The van der Waals surface area contributed by atoms with E-state index in [1.807, 2.05) is 38.1 Å². The number of rotatable bonds is 7. The average Bonchev–Trinajstić information content (AvgIpc) is 3.14. The molecule has 2 aromatic heterocycles. The number of fused-ring (bicyclic) bond motifs is 1. The molecule has 160 valence electrons. The molecule has 0 atom stereocenters. The Hall–Kier alpha value is -3.39. The molecule has 4 aromatic rings. The van der Waals surface area contributed by atoms with Gasteiger partial charge in [0.15, 0.2) is 5.65 Å². The SMILES string of the molecule is CCOc1ccc(N(Cc2ccc(C)cc2)S(=O)(=O)c2ccc3nnc(C)n3c2)cc1. The fourth-order valence-electron chi connectivity index (χ4n) is 3.32. The van der Waals surface area contributed by atoms with Gasteiger partial charge < -0.3 is 4.74 Å². The van der Waals surface area contributed by atoms with E-state index in [1.54, 1.807) is 53.9 Å². The lowest BCUT2D eigenvalue weighted by Gasteiger charge is -2.25. The predicted molar refractivity (Wildman–Crippen MR) is 120 cm³/mol. The number of hydrogen-bond donors (Lipinski definition) is 0. The number of anilines is 1. The molecule has 0 fully saturated rings. The van der Waals surface area contributed by atoms with Crippen LogP contribution in [0.2, 0.25) is 0 Å². The summed E-state index contributed by atoms with van der Waals surface area (Å²) in [6.07, 6.45) is 1.57. The van der Waals surface area contributed by atoms with Gasteiger partial charge in [0.25, 0.3) is 10.0 Å². The standard InChI is InChI=1S/C23H24N4O3S/c1-4-30-21-11-9-20(10-12-21)27(15-19-7-5-17(2)6-8-19)31(28,29)22-13-14-23-25-24-18(3)26(23)16-22/h5-14,16H,4,15H2,1-3H3. The summed E-state index contributed by atoms with van der Waals surface area (Å²) in [6.45, 7) is 6.44. The fraction of sp³-hybridized carbons (Fsp3) is 0.217. The predicted octanol–water partition coefficient (Wildman–Crippen LogP) is 4.14. The average molecular weight is 437 g/mol. The fourth-order valence-corrected chi connectivity index (χ4v) is 4.77. The number of nitrogens with zero attached hydrogens (tertiary/aromatic N) is 4. The van der Waals surface area contributed by atoms with E-state index in [1.165, 1.54) is 4.31 Å². The maximum absolute atomic E-state index is 13.7. The summed E-state index contributed by atoms with van der Waals surface area (Å²) in [7, 11) is -3.86. The Balaban J connectivity index is 1.78. The van der Waals surface area contributed by atoms with Gasteiger partial charge >= 0.3 is 0 Å². The molecule has 0 spiro atoms. The molecule has 31 heavy (non-hydrogen) atoms. The number of ether oxygens (including phenoxy) is 1. The minimum absolute atomic E-state index is 0.170. The highest BCUT2D eigenvalue weighted by Gasteiger charge is 2.26. The molecule has 0 saturated heterocycles. The van der Waals surface area contributed by atoms with E-state index in [-0.39, 0.29) is 11.4 Å². The van der Waals surface area contributed by atoms with Gasteiger partial charge in [-0.05, 0) is 62.7 Å². The van der Waals surface area contributed by atoms with Gasteiger partial charge in [0.1, 0.15) is 16.5 Å². The van der Waals surface area contributed by atoms with Gasteiger partial charge in [-0.15, -0.1) is 10.2 Å². The molecule has 4 rings (SSSR count). The number of pyridine rings is 1. The minimum atomic E-state index is -3.86. The van der Waals surface area contributed by atoms with E-state index in [9.17, 15) is 8.42 Å². The van der Waals surface area contributed by atoms with Gasteiger partial charge in [-0.25, -0.2) is 8.42 Å². The van der Waals surface area contributed by atoms with Gasteiger partial charge in [0, 0.05) is 6.20 Å². The second kappa shape index (κ2) is 8.39. The quantitative estimate of drug-likeness (QED) is 0.435. The van der Waals surface area contributed by atoms with Crippen molar-refractivity contribution < 1.29 is 13.2 Å². The van der Waals surface area contributed by atoms with Crippen LogP contribution in [-0.2, 0) is 16.6 Å². The Labute approximate surface area is 182 Å². The Morgan fingerprint density at radius 2 is 1.65 bits per heavy atom. The van der Waals surface area contributed by atoms with Crippen molar-refractivity contribution in [1.29, 1.82) is 0 Å². The van der Waals surface area contributed by atoms with Crippen molar-refractivity contribution in [1.82, 2.24) is 14.6 Å². The Morgan fingerprint density at radius 1 is 0.935 bits per heavy atom. The maximum Gasteiger partial charge on any atom is 0.266 e. The second-order valence-corrected chi connectivity index (χ2v) is 9.13. The van der Waals surface area contributed by atoms with Crippen LogP contribution < -0.4 is 9.04 Å². The van der Waals surface area contributed by atoms with Crippen molar-refractivity contribution >= 4 is 21.4 Å². The van der Waals surface area contributed by atoms with E-state index >= 15 is 0 Å². The van der Waals surface area contributed by atoms with Crippen LogP contribution in [-0.4, -0.2) is 29.6 Å². The van der Waals surface area contributed by atoms with Crippen molar-refractivity contribution in [3.63, 3.8) is 0 Å². The summed E-state index contributed by atoms with van der Waals surface area (Å²) in [4.78, 5) is 0.170. The smallest absolute Gasteiger partial charge is 0.266 e. The summed E-state index contributed by atoms with van der Waals surface area (Å²) in [5, 5.41) is 8.05. The first-order valence-corrected chi connectivity index (χ1v) is 11.4. The molecule has 7 nitrogen and oxygen atoms in total. The second-order valence-electron chi connectivity index (χ2n) is 7.26.